The van der Waals surface area contributed by atoms with Gasteiger partial charge in [0.1, 0.15) is 6.54 Å². The summed E-state index contributed by atoms with van der Waals surface area (Å²) in [5.74, 6) is 0.0747. The molecule has 2 aromatic carbocycles. The number of hydrogen-bond acceptors (Lipinski definition) is 2. The first-order chi connectivity index (χ1) is 12.2. The van der Waals surface area contributed by atoms with Gasteiger partial charge in [0, 0.05) is 25.1 Å². The van der Waals surface area contributed by atoms with Crippen molar-refractivity contribution in [3.05, 3.63) is 54.6 Å². The molecule has 2 aromatic rings. The van der Waals surface area contributed by atoms with Gasteiger partial charge in [0.25, 0.3) is 0 Å². The van der Waals surface area contributed by atoms with E-state index in [0.29, 0.717) is 19.5 Å². The van der Waals surface area contributed by atoms with E-state index in [1.165, 1.54) is 0 Å². The van der Waals surface area contributed by atoms with Crippen LogP contribution >= 0.6 is 0 Å². The molecule has 0 atom stereocenters. The van der Waals surface area contributed by atoms with Crippen molar-refractivity contribution in [3.63, 3.8) is 0 Å². The molecule has 0 aromatic heterocycles. The van der Waals surface area contributed by atoms with E-state index in [4.69, 9.17) is 0 Å². The first-order valence-corrected chi connectivity index (χ1v) is 8.93. The Hall–Kier alpha value is -2.62. The summed E-state index contributed by atoms with van der Waals surface area (Å²) in [6.45, 7) is 3.38. The normalized spacial score (nSPS) is 14.7. The summed E-state index contributed by atoms with van der Waals surface area (Å²) < 4.78 is 0. The van der Waals surface area contributed by atoms with Gasteiger partial charge in [-0.1, -0.05) is 61.9 Å². The van der Waals surface area contributed by atoms with E-state index in [1.807, 2.05) is 59.5 Å². The predicted molar refractivity (Wildman–Crippen MR) is 100 cm³/mol. The van der Waals surface area contributed by atoms with E-state index < -0.39 is 0 Å². The Morgan fingerprint density at radius 2 is 1.72 bits per heavy atom. The quantitative estimate of drug-likeness (QED) is 0.835. The predicted octanol–water partition coefficient (Wildman–Crippen LogP) is 3.72. The molecule has 0 N–H and O–H groups in total. The fourth-order valence-corrected chi connectivity index (χ4v) is 3.20. The maximum Gasteiger partial charge on any atom is 0.246 e. The summed E-state index contributed by atoms with van der Waals surface area (Å²) in [4.78, 5) is 28.4. The molecule has 0 bridgehead atoms. The SMILES string of the molecule is CCCCC(=O)N1CCN(c2ccccc2-c2ccccc2)C(=O)C1. The lowest BCUT2D eigenvalue weighted by Crippen LogP contribution is -2.52. The van der Waals surface area contributed by atoms with Crippen molar-refractivity contribution in [1.82, 2.24) is 4.90 Å². The lowest BCUT2D eigenvalue weighted by atomic mass is 10.0. The molecule has 1 aliphatic rings. The topological polar surface area (TPSA) is 40.6 Å². The molecule has 4 nitrogen and oxygen atoms in total. The third-order valence-electron chi connectivity index (χ3n) is 4.60. The maximum atomic E-state index is 12.7. The summed E-state index contributed by atoms with van der Waals surface area (Å²) in [6, 6.07) is 18.0. The molecular weight excluding hydrogens is 312 g/mol. The highest BCUT2D eigenvalue weighted by Crippen LogP contribution is 2.31. The van der Waals surface area contributed by atoms with Crippen LogP contribution in [-0.4, -0.2) is 36.3 Å². The number of nitrogens with zero attached hydrogens (tertiary/aromatic N) is 2. The van der Waals surface area contributed by atoms with Crippen LogP contribution in [0.2, 0.25) is 0 Å². The van der Waals surface area contributed by atoms with Crippen LogP contribution in [0.5, 0.6) is 0 Å². The molecule has 1 aliphatic heterocycles. The Morgan fingerprint density at radius 3 is 2.44 bits per heavy atom. The molecule has 1 heterocycles. The first-order valence-electron chi connectivity index (χ1n) is 8.93. The summed E-state index contributed by atoms with van der Waals surface area (Å²) in [5, 5.41) is 0. The fraction of sp³-hybridized carbons (Fsp3) is 0.333. The largest absolute Gasteiger partial charge is 0.332 e. The zero-order valence-corrected chi connectivity index (χ0v) is 14.6. The number of benzene rings is 2. The molecule has 130 valence electrons. The monoisotopic (exact) mass is 336 g/mol. The fourth-order valence-electron chi connectivity index (χ4n) is 3.20. The molecule has 0 unspecified atom stereocenters. The third kappa shape index (κ3) is 3.90. The minimum atomic E-state index is -0.0144. The first kappa shape index (κ1) is 17.2. The highest BCUT2D eigenvalue weighted by atomic mass is 16.2. The van der Waals surface area contributed by atoms with Gasteiger partial charge in [0.05, 0.1) is 5.69 Å². The number of unbranched alkanes of at least 4 members (excludes halogenated alkanes) is 1. The minimum absolute atomic E-state index is 0.0144. The van der Waals surface area contributed by atoms with E-state index in [2.05, 4.69) is 6.92 Å². The lowest BCUT2D eigenvalue weighted by molar-refractivity contribution is -0.136. The molecule has 0 aliphatic carbocycles. The van der Waals surface area contributed by atoms with Crippen molar-refractivity contribution >= 4 is 17.5 Å². The summed E-state index contributed by atoms with van der Waals surface area (Å²) in [7, 11) is 0. The Morgan fingerprint density at radius 1 is 1.00 bits per heavy atom. The van der Waals surface area contributed by atoms with Crippen molar-refractivity contribution < 1.29 is 9.59 Å². The Kier molecular flexibility index (Phi) is 5.49. The molecule has 0 spiro atoms. The number of piperazine rings is 1. The molecule has 0 radical (unpaired) electrons. The van der Waals surface area contributed by atoms with E-state index in [-0.39, 0.29) is 18.4 Å². The number of anilines is 1. The number of rotatable bonds is 5. The smallest absolute Gasteiger partial charge is 0.246 e. The number of hydrogen-bond donors (Lipinski definition) is 0. The second-order valence-electron chi connectivity index (χ2n) is 6.35. The molecule has 25 heavy (non-hydrogen) atoms. The van der Waals surface area contributed by atoms with Gasteiger partial charge in [0.2, 0.25) is 11.8 Å². The average Bonchev–Trinajstić information content (AvgIpc) is 2.66. The number of carbonyl (C=O) groups excluding carboxylic acids is 2. The van der Waals surface area contributed by atoms with Gasteiger partial charge < -0.3 is 9.80 Å². The highest BCUT2D eigenvalue weighted by molar-refractivity contribution is 6.01. The Balaban J connectivity index is 1.78. The van der Waals surface area contributed by atoms with Crippen LogP contribution in [0.15, 0.2) is 54.6 Å². The minimum Gasteiger partial charge on any atom is -0.332 e. The molecule has 0 saturated carbocycles. The van der Waals surface area contributed by atoms with Gasteiger partial charge in [-0.2, -0.15) is 0 Å². The summed E-state index contributed by atoms with van der Waals surface area (Å²) in [6.07, 6.45) is 2.40. The van der Waals surface area contributed by atoms with E-state index in [0.717, 1.165) is 29.7 Å². The van der Waals surface area contributed by atoms with Crippen LogP contribution < -0.4 is 4.90 Å². The molecular formula is C21H24N2O2. The number of amides is 2. The van der Waals surface area contributed by atoms with Crippen molar-refractivity contribution in [2.75, 3.05) is 24.5 Å². The molecule has 4 heteroatoms. The van der Waals surface area contributed by atoms with Crippen LogP contribution in [-0.2, 0) is 9.59 Å². The van der Waals surface area contributed by atoms with Gasteiger partial charge in [-0.15, -0.1) is 0 Å². The molecule has 2 amide bonds. The van der Waals surface area contributed by atoms with Crippen LogP contribution in [0, 0.1) is 0 Å². The van der Waals surface area contributed by atoms with Crippen molar-refractivity contribution in [2.24, 2.45) is 0 Å². The van der Waals surface area contributed by atoms with Gasteiger partial charge in [-0.25, -0.2) is 0 Å². The van der Waals surface area contributed by atoms with Gasteiger partial charge >= 0.3 is 0 Å². The Labute approximate surface area is 149 Å². The van der Waals surface area contributed by atoms with Gasteiger partial charge in [-0.3, -0.25) is 9.59 Å². The molecule has 1 fully saturated rings. The zero-order chi connectivity index (χ0) is 17.6. The second kappa shape index (κ2) is 7.97. The van der Waals surface area contributed by atoms with Crippen molar-refractivity contribution in [3.8, 4) is 11.1 Å². The van der Waals surface area contributed by atoms with Crippen molar-refractivity contribution in [2.45, 2.75) is 26.2 Å². The summed E-state index contributed by atoms with van der Waals surface area (Å²) in [5.41, 5.74) is 3.05. The van der Waals surface area contributed by atoms with Crippen LogP contribution in [0.3, 0.4) is 0 Å². The third-order valence-corrected chi connectivity index (χ3v) is 4.60. The summed E-state index contributed by atoms with van der Waals surface area (Å²) >= 11 is 0. The van der Waals surface area contributed by atoms with E-state index in [1.54, 1.807) is 4.90 Å². The second-order valence-corrected chi connectivity index (χ2v) is 6.35. The van der Waals surface area contributed by atoms with E-state index in [9.17, 15) is 9.59 Å². The highest BCUT2D eigenvalue weighted by Gasteiger charge is 2.28. The number of para-hydroxylation sites is 1. The standard InChI is InChI=1S/C21H24N2O2/c1-2-3-13-20(24)22-14-15-23(21(25)16-22)19-12-8-7-11-18(19)17-9-5-4-6-10-17/h4-12H,2-3,13-16H2,1H3. The zero-order valence-electron chi connectivity index (χ0n) is 14.6. The van der Waals surface area contributed by atoms with Crippen LogP contribution in [0.4, 0.5) is 5.69 Å². The average molecular weight is 336 g/mol. The lowest BCUT2D eigenvalue weighted by Gasteiger charge is -2.35. The van der Waals surface area contributed by atoms with Crippen molar-refractivity contribution in [1.29, 1.82) is 0 Å². The van der Waals surface area contributed by atoms with Gasteiger partial charge in [-0.05, 0) is 18.1 Å². The molecule has 1 saturated heterocycles. The van der Waals surface area contributed by atoms with Crippen LogP contribution in [0.1, 0.15) is 26.2 Å². The number of carbonyl (C=O) groups is 2. The maximum absolute atomic E-state index is 12.7. The van der Waals surface area contributed by atoms with Gasteiger partial charge in [0.15, 0.2) is 0 Å². The Bertz CT molecular complexity index is 743. The van der Waals surface area contributed by atoms with Crippen LogP contribution in [0.25, 0.3) is 11.1 Å². The van der Waals surface area contributed by atoms with E-state index >= 15 is 0 Å². The molecule has 3 rings (SSSR count).